The third-order valence-electron chi connectivity index (χ3n) is 3.64. The predicted octanol–water partition coefficient (Wildman–Crippen LogP) is 4.46. The maximum Gasteiger partial charge on any atom is 0.123 e. The van der Waals surface area contributed by atoms with Crippen LogP contribution < -0.4 is 5.32 Å². The van der Waals surface area contributed by atoms with Crippen molar-refractivity contribution in [3.63, 3.8) is 0 Å². The lowest BCUT2D eigenvalue weighted by Gasteiger charge is -2.35. The number of hydrogen-bond acceptors (Lipinski definition) is 3. The van der Waals surface area contributed by atoms with Crippen LogP contribution in [0.1, 0.15) is 24.4 Å². The van der Waals surface area contributed by atoms with Crippen molar-refractivity contribution in [3.8, 4) is 5.75 Å². The molecule has 1 atom stereocenters. The van der Waals surface area contributed by atoms with E-state index in [4.69, 9.17) is 23.2 Å². The van der Waals surface area contributed by atoms with Gasteiger partial charge in [-0.1, -0.05) is 29.3 Å². The smallest absolute Gasteiger partial charge is 0.123 e. The van der Waals surface area contributed by atoms with E-state index in [0.717, 1.165) is 44.6 Å². The molecule has 0 aromatic heterocycles. The summed E-state index contributed by atoms with van der Waals surface area (Å²) in [6, 6.07) is 3.35. The Balaban J connectivity index is 0.00000220. The van der Waals surface area contributed by atoms with Crippen LogP contribution in [0.4, 0.5) is 0 Å². The fourth-order valence-corrected chi connectivity index (χ4v) is 3.29. The molecule has 2 rings (SSSR count). The molecule has 0 aliphatic carbocycles. The molecule has 0 radical (unpaired) electrons. The molecule has 2 N–H and O–H groups in total. The number of nitrogens with zero attached hydrogens (tertiary/aromatic N) is 1. The van der Waals surface area contributed by atoms with Gasteiger partial charge in [0.05, 0.1) is 5.02 Å². The molecule has 1 fully saturated rings. The van der Waals surface area contributed by atoms with E-state index in [1.807, 2.05) is 6.08 Å². The van der Waals surface area contributed by atoms with Crippen molar-refractivity contribution in [1.29, 1.82) is 0 Å². The number of piperazine rings is 1. The summed E-state index contributed by atoms with van der Waals surface area (Å²) < 4.78 is 0. The maximum absolute atomic E-state index is 10.2. The molecule has 1 heterocycles. The number of rotatable bonds is 5. The molecule has 0 unspecified atom stereocenters. The average Bonchev–Trinajstić information content (AvgIpc) is 2.42. The van der Waals surface area contributed by atoms with Crippen LogP contribution in [0.5, 0.6) is 5.75 Å². The zero-order chi connectivity index (χ0) is 14.5. The third-order valence-corrected chi connectivity index (χ3v) is 4.17. The molecule has 3 nitrogen and oxygen atoms in total. The number of nitrogens with one attached hydrogen (secondary N) is 1. The molecule has 0 spiro atoms. The molecule has 1 aromatic rings. The Morgan fingerprint density at radius 1 is 1.27 bits per heavy atom. The zero-order valence-electron chi connectivity index (χ0n) is 12.2. The Morgan fingerprint density at radius 3 is 2.45 bits per heavy atom. The fraction of sp³-hybridized carbons (Fsp3) is 0.467. The number of hydrogen-bond donors (Lipinski definition) is 2. The summed E-state index contributed by atoms with van der Waals surface area (Å²) in [6.45, 7) is 7.58. The van der Waals surface area contributed by atoms with Crippen LogP contribution in [0, 0.1) is 0 Å². The van der Waals surface area contributed by atoms with Gasteiger partial charge in [0.25, 0.3) is 0 Å². The van der Waals surface area contributed by atoms with Crippen molar-refractivity contribution < 1.29 is 5.11 Å². The van der Waals surface area contributed by atoms with Crippen LogP contribution in [0.2, 0.25) is 10.0 Å². The molecule has 1 aliphatic heterocycles. The van der Waals surface area contributed by atoms with Crippen molar-refractivity contribution in [1.82, 2.24) is 10.2 Å². The summed E-state index contributed by atoms with van der Waals surface area (Å²) in [6.07, 6.45) is 3.67. The Kier molecular flexibility index (Phi) is 10.5. The highest BCUT2D eigenvalue weighted by Gasteiger charge is 2.26. The van der Waals surface area contributed by atoms with Gasteiger partial charge < -0.3 is 10.4 Å². The average molecular weight is 388 g/mol. The van der Waals surface area contributed by atoms with E-state index in [1.54, 1.807) is 12.1 Å². The molecule has 0 bridgehead atoms. The first-order valence-electron chi connectivity index (χ1n) is 6.87. The predicted molar refractivity (Wildman–Crippen MR) is 99.2 cm³/mol. The lowest BCUT2D eigenvalue weighted by atomic mass is 9.98. The largest absolute Gasteiger partial charge is 0.508 e. The highest BCUT2D eigenvalue weighted by atomic mass is 35.5. The van der Waals surface area contributed by atoms with Gasteiger partial charge in [0.15, 0.2) is 0 Å². The van der Waals surface area contributed by atoms with Crippen LogP contribution in [0.3, 0.4) is 0 Å². The fourth-order valence-electron chi connectivity index (χ4n) is 2.68. The molecule has 22 heavy (non-hydrogen) atoms. The quantitative estimate of drug-likeness (QED) is 0.732. The van der Waals surface area contributed by atoms with Crippen molar-refractivity contribution >= 4 is 48.0 Å². The van der Waals surface area contributed by atoms with Gasteiger partial charge >= 0.3 is 0 Å². The van der Waals surface area contributed by atoms with E-state index < -0.39 is 0 Å². The maximum atomic E-state index is 10.2. The van der Waals surface area contributed by atoms with Gasteiger partial charge in [0.2, 0.25) is 0 Å². The number of phenolic OH excluding ortho intramolecular Hbond substituents is 1. The van der Waals surface area contributed by atoms with E-state index in [0.29, 0.717) is 10.0 Å². The lowest BCUT2D eigenvalue weighted by Crippen LogP contribution is -2.45. The van der Waals surface area contributed by atoms with E-state index in [1.165, 1.54) is 0 Å². The van der Waals surface area contributed by atoms with Crippen molar-refractivity contribution in [2.45, 2.75) is 18.9 Å². The van der Waals surface area contributed by atoms with Crippen LogP contribution >= 0.6 is 48.0 Å². The van der Waals surface area contributed by atoms with Gasteiger partial charge in [0.1, 0.15) is 5.75 Å². The van der Waals surface area contributed by atoms with E-state index in [2.05, 4.69) is 16.8 Å². The molecular weight excluding hydrogens is 366 g/mol. The monoisotopic (exact) mass is 386 g/mol. The summed E-state index contributed by atoms with van der Waals surface area (Å²) >= 11 is 12.2. The van der Waals surface area contributed by atoms with Crippen molar-refractivity contribution in [2.75, 3.05) is 26.2 Å². The Hall–Kier alpha value is -0.160. The summed E-state index contributed by atoms with van der Waals surface area (Å²) in [5.74, 6) is 0.176. The normalized spacial score (nSPS) is 16.3. The van der Waals surface area contributed by atoms with Gasteiger partial charge in [0, 0.05) is 42.8 Å². The summed E-state index contributed by atoms with van der Waals surface area (Å²) in [5, 5.41) is 14.6. The lowest BCUT2D eigenvalue weighted by molar-refractivity contribution is 0.163. The number of phenols is 1. The van der Waals surface area contributed by atoms with Crippen molar-refractivity contribution in [3.05, 3.63) is 40.4 Å². The minimum Gasteiger partial charge on any atom is -0.508 e. The summed E-state index contributed by atoms with van der Waals surface area (Å²) in [4.78, 5) is 2.36. The molecule has 7 heteroatoms. The van der Waals surface area contributed by atoms with Crippen LogP contribution in [0.15, 0.2) is 24.8 Å². The minimum atomic E-state index is 0. The van der Waals surface area contributed by atoms with E-state index in [-0.39, 0.29) is 36.6 Å². The number of aromatic hydroxyl groups is 1. The number of benzene rings is 1. The molecule has 1 saturated heterocycles. The highest BCUT2D eigenvalue weighted by Crippen LogP contribution is 2.39. The second-order valence-electron chi connectivity index (χ2n) is 4.99. The summed E-state index contributed by atoms with van der Waals surface area (Å²) in [7, 11) is 0. The van der Waals surface area contributed by atoms with Gasteiger partial charge in [-0.15, -0.1) is 31.4 Å². The first-order chi connectivity index (χ1) is 9.63. The number of halogens is 4. The first-order valence-corrected chi connectivity index (χ1v) is 7.62. The van der Waals surface area contributed by atoms with Gasteiger partial charge in [-0.05, 0) is 25.0 Å². The SMILES string of the molecule is C=CCC[C@H](c1c(O)cc(Cl)cc1Cl)N1CCNCC1.Cl.Cl. The highest BCUT2D eigenvalue weighted by molar-refractivity contribution is 6.35. The third kappa shape index (κ3) is 5.48. The van der Waals surface area contributed by atoms with E-state index >= 15 is 0 Å². The Labute approximate surface area is 154 Å². The van der Waals surface area contributed by atoms with E-state index in [9.17, 15) is 5.11 Å². The zero-order valence-corrected chi connectivity index (χ0v) is 15.4. The molecule has 126 valence electrons. The molecule has 0 saturated carbocycles. The summed E-state index contributed by atoms with van der Waals surface area (Å²) in [5.41, 5.74) is 0.778. The van der Waals surface area contributed by atoms with Gasteiger partial charge in [-0.3, -0.25) is 4.90 Å². The van der Waals surface area contributed by atoms with Crippen LogP contribution in [-0.4, -0.2) is 36.2 Å². The number of allylic oxidation sites excluding steroid dienone is 1. The van der Waals surface area contributed by atoms with Gasteiger partial charge in [-0.25, -0.2) is 0 Å². The Morgan fingerprint density at radius 2 is 1.91 bits per heavy atom. The molecular formula is C15H22Cl4N2O. The van der Waals surface area contributed by atoms with Gasteiger partial charge in [-0.2, -0.15) is 0 Å². The first kappa shape index (κ1) is 21.8. The molecule has 1 aliphatic rings. The second-order valence-corrected chi connectivity index (χ2v) is 5.83. The molecule has 0 amide bonds. The van der Waals surface area contributed by atoms with Crippen LogP contribution in [0.25, 0.3) is 0 Å². The second kappa shape index (κ2) is 10.6. The standard InChI is InChI=1S/C15H20Cl2N2O.2ClH/c1-2-3-4-13(19-7-5-18-6-8-19)15-12(17)9-11(16)10-14(15)20;;/h2,9-10,13,18,20H,1,3-8H2;2*1H/t13-;;/m1../s1. The Bertz CT molecular complexity index is 456. The topological polar surface area (TPSA) is 35.5 Å². The minimum absolute atomic E-state index is 0. The molecule has 1 aromatic carbocycles. The van der Waals surface area contributed by atoms with Crippen molar-refractivity contribution in [2.24, 2.45) is 0 Å². The van der Waals surface area contributed by atoms with Crippen LogP contribution in [-0.2, 0) is 0 Å².